The highest BCUT2D eigenvalue weighted by Gasteiger charge is 2.38. The summed E-state index contributed by atoms with van der Waals surface area (Å²) in [5.74, 6) is 0.875. The molecule has 1 aliphatic carbocycles. The monoisotopic (exact) mass is 237 g/mol. The van der Waals surface area contributed by atoms with Crippen LogP contribution in [0.2, 0.25) is 0 Å². The molecule has 2 atom stereocenters. The Kier molecular flexibility index (Phi) is 4.19. The first-order valence-electron chi connectivity index (χ1n) is 7.06. The van der Waals surface area contributed by atoms with Crippen LogP contribution in [0, 0.1) is 17.8 Å². The van der Waals surface area contributed by atoms with Crippen LogP contribution in [0.4, 0.5) is 0 Å². The average Bonchev–Trinajstić information content (AvgIpc) is 2.56. The molecule has 0 bridgehead atoms. The van der Waals surface area contributed by atoms with E-state index < -0.39 is 0 Å². The van der Waals surface area contributed by atoms with Crippen molar-refractivity contribution in [2.24, 2.45) is 17.8 Å². The third-order valence-corrected chi connectivity index (χ3v) is 4.48. The number of carbonyl (C=O) groups is 2. The number of piperidine rings is 1. The summed E-state index contributed by atoms with van der Waals surface area (Å²) in [5.41, 5.74) is 0. The number of rotatable bonds is 2. The second kappa shape index (κ2) is 5.65. The summed E-state index contributed by atoms with van der Waals surface area (Å²) in [6, 6.07) is 0. The van der Waals surface area contributed by atoms with Crippen LogP contribution in [0.3, 0.4) is 0 Å². The maximum atomic E-state index is 11.8. The van der Waals surface area contributed by atoms with Crippen molar-refractivity contribution in [2.75, 3.05) is 0 Å². The summed E-state index contributed by atoms with van der Waals surface area (Å²) in [5, 5.41) is 2.49. The molecule has 1 N–H and O–H groups in total. The van der Waals surface area contributed by atoms with Gasteiger partial charge in [-0.3, -0.25) is 14.9 Å². The lowest BCUT2D eigenvalue weighted by Crippen LogP contribution is -2.47. The predicted molar refractivity (Wildman–Crippen MR) is 66.2 cm³/mol. The smallest absolute Gasteiger partial charge is 0.229 e. The minimum absolute atomic E-state index is 0.0296. The summed E-state index contributed by atoms with van der Waals surface area (Å²) < 4.78 is 0. The fourth-order valence-corrected chi connectivity index (χ4v) is 3.55. The van der Waals surface area contributed by atoms with E-state index in [-0.39, 0.29) is 17.7 Å². The first-order valence-corrected chi connectivity index (χ1v) is 7.06. The highest BCUT2D eigenvalue weighted by atomic mass is 16.2. The van der Waals surface area contributed by atoms with Gasteiger partial charge in [0.15, 0.2) is 0 Å². The van der Waals surface area contributed by atoms with Gasteiger partial charge in [-0.25, -0.2) is 0 Å². The van der Waals surface area contributed by atoms with E-state index in [4.69, 9.17) is 0 Å². The van der Waals surface area contributed by atoms with Gasteiger partial charge in [0.1, 0.15) is 0 Å². The van der Waals surface area contributed by atoms with E-state index in [1.165, 1.54) is 38.5 Å². The fraction of sp³-hybridized carbons (Fsp3) is 0.857. The molecule has 2 amide bonds. The van der Waals surface area contributed by atoms with Crippen molar-refractivity contribution in [1.29, 1.82) is 0 Å². The lowest BCUT2D eigenvalue weighted by Gasteiger charge is -2.35. The molecule has 1 heterocycles. The van der Waals surface area contributed by atoms with Crippen molar-refractivity contribution >= 4 is 11.8 Å². The number of nitrogens with one attached hydrogen (secondary N) is 1. The molecule has 17 heavy (non-hydrogen) atoms. The molecule has 96 valence electrons. The molecule has 1 saturated carbocycles. The van der Waals surface area contributed by atoms with Crippen molar-refractivity contribution < 1.29 is 9.59 Å². The number of hydrogen-bond donors (Lipinski definition) is 1. The molecule has 2 unspecified atom stereocenters. The van der Waals surface area contributed by atoms with Crippen LogP contribution in [0.1, 0.15) is 58.3 Å². The second-order valence-corrected chi connectivity index (χ2v) is 5.55. The molecule has 2 fully saturated rings. The Hall–Kier alpha value is -0.860. The lowest BCUT2D eigenvalue weighted by atomic mass is 9.72. The second-order valence-electron chi connectivity index (χ2n) is 5.55. The van der Waals surface area contributed by atoms with Crippen molar-refractivity contribution in [2.45, 2.75) is 58.3 Å². The maximum absolute atomic E-state index is 11.8. The SMILES string of the molecule is CCC1C(=O)NC(=O)CC1C1CCCCCC1. The van der Waals surface area contributed by atoms with Crippen LogP contribution in [0.15, 0.2) is 0 Å². The van der Waals surface area contributed by atoms with Gasteiger partial charge in [-0.05, 0) is 18.3 Å². The van der Waals surface area contributed by atoms with Gasteiger partial charge in [-0.2, -0.15) is 0 Å². The highest BCUT2D eigenvalue weighted by molar-refractivity contribution is 5.99. The van der Waals surface area contributed by atoms with Crippen molar-refractivity contribution in [3.63, 3.8) is 0 Å². The summed E-state index contributed by atoms with van der Waals surface area (Å²) in [6.45, 7) is 2.06. The fourth-order valence-electron chi connectivity index (χ4n) is 3.55. The van der Waals surface area contributed by atoms with E-state index in [9.17, 15) is 9.59 Å². The molecule has 2 rings (SSSR count). The molecule has 0 aromatic heterocycles. The predicted octanol–water partition coefficient (Wildman–Crippen LogP) is 2.65. The van der Waals surface area contributed by atoms with Gasteiger partial charge in [-0.15, -0.1) is 0 Å². The zero-order valence-electron chi connectivity index (χ0n) is 10.7. The molecular formula is C14H23NO2. The van der Waals surface area contributed by atoms with Gasteiger partial charge >= 0.3 is 0 Å². The molecule has 1 saturated heterocycles. The van der Waals surface area contributed by atoms with E-state index in [0.717, 1.165) is 6.42 Å². The molecule has 0 aromatic rings. The van der Waals surface area contributed by atoms with Gasteiger partial charge in [0.05, 0.1) is 0 Å². The number of carbonyl (C=O) groups excluding carboxylic acids is 2. The Morgan fingerprint density at radius 1 is 1.12 bits per heavy atom. The quantitative estimate of drug-likeness (QED) is 0.593. The lowest BCUT2D eigenvalue weighted by molar-refractivity contribution is -0.140. The van der Waals surface area contributed by atoms with E-state index in [1.807, 2.05) is 0 Å². The molecule has 0 radical (unpaired) electrons. The molecule has 1 aliphatic heterocycles. The van der Waals surface area contributed by atoms with Crippen molar-refractivity contribution in [3.05, 3.63) is 0 Å². The third-order valence-electron chi connectivity index (χ3n) is 4.48. The Morgan fingerprint density at radius 3 is 2.35 bits per heavy atom. The van der Waals surface area contributed by atoms with Gasteiger partial charge < -0.3 is 0 Å². The molecule has 2 aliphatic rings. The van der Waals surface area contributed by atoms with E-state index in [2.05, 4.69) is 12.2 Å². The average molecular weight is 237 g/mol. The molecule has 3 heteroatoms. The van der Waals surface area contributed by atoms with Gasteiger partial charge in [-0.1, -0.05) is 45.4 Å². The normalized spacial score (nSPS) is 32.1. The molecule has 0 aromatic carbocycles. The van der Waals surface area contributed by atoms with E-state index >= 15 is 0 Å². The largest absolute Gasteiger partial charge is 0.296 e. The Labute approximate surface area is 103 Å². The van der Waals surface area contributed by atoms with Crippen LogP contribution in [-0.4, -0.2) is 11.8 Å². The molecule has 3 nitrogen and oxygen atoms in total. The Morgan fingerprint density at radius 2 is 1.76 bits per heavy atom. The summed E-state index contributed by atoms with van der Waals surface area (Å²) in [4.78, 5) is 23.4. The summed E-state index contributed by atoms with van der Waals surface area (Å²) in [6.07, 6.45) is 9.03. The molecular weight excluding hydrogens is 214 g/mol. The number of hydrogen-bond acceptors (Lipinski definition) is 2. The summed E-state index contributed by atoms with van der Waals surface area (Å²) >= 11 is 0. The maximum Gasteiger partial charge on any atom is 0.229 e. The van der Waals surface area contributed by atoms with E-state index in [0.29, 0.717) is 18.3 Å². The first kappa shape index (κ1) is 12.6. The van der Waals surface area contributed by atoms with Gasteiger partial charge in [0.25, 0.3) is 0 Å². The third kappa shape index (κ3) is 2.88. The Bertz CT molecular complexity index is 293. The van der Waals surface area contributed by atoms with Crippen molar-refractivity contribution in [1.82, 2.24) is 5.32 Å². The highest BCUT2D eigenvalue weighted by Crippen LogP contribution is 2.38. The van der Waals surface area contributed by atoms with Crippen molar-refractivity contribution in [3.8, 4) is 0 Å². The van der Waals surface area contributed by atoms with Crippen LogP contribution >= 0.6 is 0 Å². The zero-order chi connectivity index (χ0) is 12.3. The summed E-state index contributed by atoms with van der Waals surface area (Å²) in [7, 11) is 0. The number of imide groups is 1. The zero-order valence-corrected chi connectivity index (χ0v) is 10.7. The van der Waals surface area contributed by atoms with Crippen LogP contribution < -0.4 is 5.32 Å². The Balaban J connectivity index is 2.09. The van der Waals surface area contributed by atoms with Crippen LogP contribution in [0.5, 0.6) is 0 Å². The standard InChI is InChI=1S/C14H23NO2/c1-2-11-12(9-13(16)15-14(11)17)10-7-5-3-4-6-8-10/h10-12H,2-9H2,1H3,(H,15,16,17). The van der Waals surface area contributed by atoms with Crippen LogP contribution in [-0.2, 0) is 9.59 Å². The number of amides is 2. The van der Waals surface area contributed by atoms with E-state index in [1.54, 1.807) is 0 Å². The van der Waals surface area contributed by atoms with Gasteiger partial charge in [0, 0.05) is 12.3 Å². The molecule has 0 spiro atoms. The minimum Gasteiger partial charge on any atom is -0.296 e. The van der Waals surface area contributed by atoms with Gasteiger partial charge in [0.2, 0.25) is 11.8 Å². The topological polar surface area (TPSA) is 46.2 Å². The minimum atomic E-state index is -0.0612. The first-order chi connectivity index (χ1) is 8.22. The van der Waals surface area contributed by atoms with Crippen LogP contribution in [0.25, 0.3) is 0 Å².